The van der Waals surface area contributed by atoms with Crippen molar-refractivity contribution in [2.45, 2.75) is 10.3 Å². The van der Waals surface area contributed by atoms with Gasteiger partial charge in [-0.3, -0.25) is 4.79 Å². The normalized spacial score (nSPS) is 17.4. The minimum absolute atomic E-state index is 0.0982. The third kappa shape index (κ3) is 3.90. The van der Waals surface area contributed by atoms with E-state index < -0.39 is 16.1 Å². The minimum atomic E-state index is -3.67. The van der Waals surface area contributed by atoms with E-state index in [1.54, 1.807) is 46.7 Å². The first-order valence-electron chi connectivity index (χ1n) is 10.4. The van der Waals surface area contributed by atoms with Gasteiger partial charge in [-0.1, -0.05) is 30.3 Å². The minimum Gasteiger partial charge on any atom is -0.496 e. The summed E-state index contributed by atoms with van der Waals surface area (Å²) in [4.78, 5) is 23.2. The Bertz CT molecular complexity index is 1370. The molecule has 1 atom stereocenters. The van der Waals surface area contributed by atoms with Gasteiger partial charge in [-0.15, -0.1) is 11.3 Å². The molecule has 8 nitrogen and oxygen atoms in total. The number of nitrogens with zero attached hydrogens (tertiary/aromatic N) is 3. The molecule has 0 bridgehead atoms. The van der Waals surface area contributed by atoms with Gasteiger partial charge in [0.15, 0.2) is 0 Å². The van der Waals surface area contributed by atoms with E-state index in [2.05, 4.69) is 9.97 Å². The first kappa shape index (κ1) is 21.6. The summed E-state index contributed by atoms with van der Waals surface area (Å²) in [6.07, 6.45) is 0. The number of benzene rings is 2. The topological polar surface area (TPSA) is 95.6 Å². The number of methoxy groups -OCH3 is 1. The first-order valence-corrected chi connectivity index (χ1v) is 12.7. The summed E-state index contributed by atoms with van der Waals surface area (Å²) in [6.45, 7) is 0.516. The number of piperazine rings is 1. The van der Waals surface area contributed by atoms with Crippen LogP contribution >= 0.6 is 11.3 Å². The number of nitrogens with one attached hydrogen (secondary N) is 1. The van der Waals surface area contributed by atoms with Crippen molar-refractivity contribution in [3.63, 3.8) is 0 Å². The highest BCUT2D eigenvalue weighted by atomic mass is 32.2. The van der Waals surface area contributed by atoms with Crippen molar-refractivity contribution < 1.29 is 17.9 Å². The first-order chi connectivity index (χ1) is 16.0. The Balaban J connectivity index is 1.55. The van der Waals surface area contributed by atoms with Crippen LogP contribution < -0.4 is 4.74 Å². The van der Waals surface area contributed by atoms with E-state index in [1.807, 2.05) is 24.3 Å². The summed E-state index contributed by atoms with van der Waals surface area (Å²) in [5.74, 6) is 0.788. The lowest BCUT2D eigenvalue weighted by Gasteiger charge is -2.39. The van der Waals surface area contributed by atoms with Gasteiger partial charge in [-0.2, -0.15) is 4.31 Å². The van der Waals surface area contributed by atoms with Crippen molar-refractivity contribution >= 4 is 38.3 Å². The number of H-pyrrole nitrogens is 1. The van der Waals surface area contributed by atoms with Crippen molar-refractivity contribution in [2.24, 2.45) is 0 Å². The van der Waals surface area contributed by atoms with Crippen LogP contribution in [0.2, 0.25) is 0 Å². The Morgan fingerprint density at radius 2 is 1.88 bits per heavy atom. The van der Waals surface area contributed by atoms with Gasteiger partial charge in [0.1, 0.15) is 21.8 Å². The van der Waals surface area contributed by atoms with Gasteiger partial charge >= 0.3 is 0 Å². The molecule has 1 fully saturated rings. The third-order valence-electron chi connectivity index (χ3n) is 5.75. The van der Waals surface area contributed by atoms with Crippen LogP contribution in [-0.2, 0) is 10.0 Å². The molecule has 0 radical (unpaired) electrons. The zero-order chi connectivity index (χ0) is 23.0. The van der Waals surface area contributed by atoms with Crippen LogP contribution in [0.25, 0.3) is 11.0 Å². The lowest BCUT2D eigenvalue weighted by molar-refractivity contribution is 0.0547. The number of sulfonamides is 1. The van der Waals surface area contributed by atoms with E-state index in [0.717, 1.165) is 11.0 Å². The Hall–Kier alpha value is -3.21. The number of carbonyl (C=O) groups excluding carboxylic acids is 1. The summed E-state index contributed by atoms with van der Waals surface area (Å²) >= 11 is 1.18. The van der Waals surface area contributed by atoms with Gasteiger partial charge in [0.25, 0.3) is 15.9 Å². The number of fused-ring (bicyclic) bond motifs is 1. The second kappa shape index (κ2) is 8.62. The molecule has 0 aliphatic carbocycles. The fourth-order valence-electron chi connectivity index (χ4n) is 4.10. The molecule has 0 saturated carbocycles. The smallest absolute Gasteiger partial charge is 0.258 e. The van der Waals surface area contributed by atoms with E-state index in [1.165, 1.54) is 22.8 Å². The number of aromatic nitrogens is 2. The fraction of sp³-hybridized carbons (Fsp3) is 0.217. The number of aromatic amines is 1. The van der Waals surface area contributed by atoms with E-state index in [0.29, 0.717) is 17.1 Å². The maximum atomic E-state index is 13.6. The molecule has 0 spiro atoms. The number of carbonyl (C=O) groups is 1. The Morgan fingerprint density at radius 3 is 2.64 bits per heavy atom. The predicted octanol–water partition coefficient (Wildman–Crippen LogP) is 3.52. The van der Waals surface area contributed by atoms with E-state index >= 15 is 0 Å². The Morgan fingerprint density at radius 1 is 1.09 bits per heavy atom. The average molecular weight is 483 g/mol. The molecule has 4 aromatic rings. The lowest BCUT2D eigenvalue weighted by Crippen LogP contribution is -2.52. The van der Waals surface area contributed by atoms with Crippen LogP contribution in [0, 0.1) is 0 Å². The molecule has 1 N–H and O–H groups in total. The quantitative estimate of drug-likeness (QED) is 0.470. The molecule has 5 rings (SSSR count). The number of ether oxygens (including phenoxy) is 1. The third-order valence-corrected chi connectivity index (χ3v) is 8.99. The standard InChI is InChI=1S/C23H22N4O4S2/c1-31-20-10-5-2-7-16(20)23(28)27-13-12-26(33(29,30)21-11-6-14-32-21)15-19(27)22-24-17-8-3-4-9-18(17)25-22/h2-11,14,19H,12-13,15H2,1H3,(H,24,25). The van der Waals surface area contributed by atoms with Crippen LogP contribution in [0.4, 0.5) is 0 Å². The lowest BCUT2D eigenvalue weighted by atomic mass is 10.1. The number of rotatable bonds is 5. The van der Waals surface area contributed by atoms with Gasteiger partial charge in [-0.05, 0) is 35.7 Å². The maximum absolute atomic E-state index is 13.6. The van der Waals surface area contributed by atoms with Crippen molar-refractivity contribution in [1.29, 1.82) is 0 Å². The molecule has 10 heteroatoms. The molecule has 1 amide bonds. The molecule has 3 heterocycles. The summed E-state index contributed by atoms with van der Waals surface area (Å²) in [5.41, 5.74) is 2.02. The molecule has 1 aliphatic heterocycles. The summed E-state index contributed by atoms with van der Waals surface area (Å²) in [7, 11) is -2.15. The average Bonchev–Trinajstić information content (AvgIpc) is 3.54. The van der Waals surface area contributed by atoms with Gasteiger partial charge in [-0.25, -0.2) is 13.4 Å². The second-order valence-electron chi connectivity index (χ2n) is 7.65. The molecule has 2 aromatic carbocycles. The molecule has 2 aromatic heterocycles. The molecular weight excluding hydrogens is 460 g/mol. The van der Waals surface area contributed by atoms with Gasteiger partial charge in [0.2, 0.25) is 0 Å². The second-order valence-corrected chi connectivity index (χ2v) is 10.8. The fourth-order valence-corrected chi connectivity index (χ4v) is 6.68. The summed E-state index contributed by atoms with van der Waals surface area (Å²) < 4.78 is 33.6. The van der Waals surface area contributed by atoms with E-state index in [9.17, 15) is 13.2 Å². The molecule has 33 heavy (non-hydrogen) atoms. The van der Waals surface area contributed by atoms with Crippen LogP contribution in [0.5, 0.6) is 5.75 Å². The van der Waals surface area contributed by atoms with Gasteiger partial charge in [0.05, 0.1) is 23.7 Å². The van der Waals surface area contributed by atoms with Crippen LogP contribution in [-0.4, -0.2) is 60.2 Å². The summed E-state index contributed by atoms with van der Waals surface area (Å²) in [6, 6.07) is 17.3. The van der Waals surface area contributed by atoms with E-state index in [-0.39, 0.29) is 29.8 Å². The van der Waals surface area contributed by atoms with Crippen molar-refractivity contribution in [3.8, 4) is 5.75 Å². The van der Waals surface area contributed by atoms with Crippen LogP contribution in [0.15, 0.2) is 70.3 Å². The predicted molar refractivity (Wildman–Crippen MR) is 126 cm³/mol. The van der Waals surface area contributed by atoms with Gasteiger partial charge in [0, 0.05) is 19.6 Å². The zero-order valence-corrected chi connectivity index (χ0v) is 19.5. The van der Waals surface area contributed by atoms with Crippen molar-refractivity contribution in [1.82, 2.24) is 19.2 Å². The largest absolute Gasteiger partial charge is 0.496 e. The van der Waals surface area contributed by atoms with Crippen LogP contribution in [0.1, 0.15) is 22.2 Å². The molecule has 1 saturated heterocycles. The number of imidazole rings is 1. The van der Waals surface area contributed by atoms with E-state index in [4.69, 9.17) is 4.74 Å². The SMILES string of the molecule is COc1ccccc1C(=O)N1CCN(S(=O)(=O)c2cccs2)CC1c1nc2ccccc2[nH]1. The maximum Gasteiger partial charge on any atom is 0.258 e. The zero-order valence-electron chi connectivity index (χ0n) is 17.8. The number of amides is 1. The number of para-hydroxylation sites is 3. The number of hydrogen-bond donors (Lipinski definition) is 1. The highest BCUT2D eigenvalue weighted by Gasteiger charge is 2.39. The highest BCUT2D eigenvalue weighted by molar-refractivity contribution is 7.91. The highest BCUT2D eigenvalue weighted by Crippen LogP contribution is 2.32. The number of hydrogen-bond acceptors (Lipinski definition) is 6. The molecule has 1 unspecified atom stereocenters. The Kier molecular flexibility index (Phi) is 5.65. The molecule has 1 aliphatic rings. The Labute approximate surface area is 195 Å². The summed E-state index contributed by atoms with van der Waals surface area (Å²) in [5, 5.41) is 1.74. The monoisotopic (exact) mass is 482 g/mol. The molecule has 170 valence electrons. The van der Waals surface area contributed by atoms with Crippen molar-refractivity contribution in [3.05, 3.63) is 77.4 Å². The van der Waals surface area contributed by atoms with Gasteiger partial charge < -0.3 is 14.6 Å². The van der Waals surface area contributed by atoms with Crippen molar-refractivity contribution in [2.75, 3.05) is 26.7 Å². The number of thiophene rings is 1. The van der Waals surface area contributed by atoms with Crippen LogP contribution in [0.3, 0.4) is 0 Å². The molecular formula is C23H22N4O4S2.